The lowest BCUT2D eigenvalue weighted by Gasteiger charge is -2.54. The first-order valence-electron chi connectivity index (χ1n) is 12.9. The van der Waals surface area contributed by atoms with Crippen LogP contribution < -0.4 is 20.7 Å². The highest BCUT2D eigenvalue weighted by molar-refractivity contribution is 5.74. The molecule has 1 aromatic rings. The van der Waals surface area contributed by atoms with Crippen molar-refractivity contribution in [3.8, 4) is 5.88 Å². The SMILES string of the molecule is Nc1nc(OCCC2[C@H]3C[C@H]4C[C@H](C3)C[C@H]2C4)cc(N2CCC3(CC2)CN[C@H](C(=O)O)C3)n1. The number of nitrogens with two attached hydrogens (primary N) is 1. The number of ether oxygens (including phenoxy) is 1. The molecule has 0 radical (unpaired) electrons. The molecule has 7 rings (SSSR count). The molecule has 0 aromatic carbocycles. The fourth-order valence-electron chi connectivity index (χ4n) is 8.16. The molecule has 33 heavy (non-hydrogen) atoms. The summed E-state index contributed by atoms with van der Waals surface area (Å²) in [5, 5.41) is 12.5. The van der Waals surface area contributed by atoms with Crippen LogP contribution in [0.25, 0.3) is 0 Å². The van der Waals surface area contributed by atoms with Gasteiger partial charge in [0.2, 0.25) is 11.8 Å². The van der Waals surface area contributed by atoms with E-state index in [1.165, 1.54) is 32.1 Å². The number of nitrogen functional groups attached to an aromatic ring is 1. The number of aliphatic carboxylic acids is 1. The number of hydrogen-bond acceptors (Lipinski definition) is 7. The Bertz CT molecular complexity index is 872. The van der Waals surface area contributed by atoms with Gasteiger partial charge in [0.25, 0.3) is 0 Å². The fourth-order valence-corrected chi connectivity index (χ4v) is 8.16. The Morgan fingerprint density at radius 1 is 1.15 bits per heavy atom. The van der Waals surface area contributed by atoms with Gasteiger partial charge >= 0.3 is 5.97 Å². The second-order valence-electron chi connectivity index (χ2n) is 11.6. The van der Waals surface area contributed by atoms with E-state index in [-0.39, 0.29) is 11.4 Å². The molecule has 1 aromatic heterocycles. The van der Waals surface area contributed by atoms with Gasteiger partial charge in [-0.15, -0.1) is 0 Å². The lowest BCUT2D eigenvalue weighted by atomic mass is 9.51. The van der Waals surface area contributed by atoms with E-state index in [2.05, 4.69) is 20.2 Å². The zero-order valence-electron chi connectivity index (χ0n) is 19.4. The largest absolute Gasteiger partial charge is 0.480 e. The highest BCUT2D eigenvalue weighted by Gasteiger charge is 2.48. The molecule has 1 spiro atoms. The lowest BCUT2D eigenvalue weighted by Crippen LogP contribution is -2.45. The molecule has 1 atom stereocenters. The van der Waals surface area contributed by atoms with Gasteiger partial charge in [0.1, 0.15) is 11.9 Å². The van der Waals surface area contributed by atoms with Crippen molar-refractivity contribution in [3.05, 3.63) is 6.07 Å². The number of carbonyl (C=O) groups is 1. The Labute approximate surface area is 195 Å². The number of anilines is 2. The van der Waals surface area contributed by atoms with Crippen LogP contribution in [-0.2, 0) is 4.79 Å². The molecule has 8 heteroatoms. The summed E-state index contributed by atoms with van der Waals surface area (Å²) in [6.07, 6.45) is 11.0. The molecule has 8 nitrogen and oxygen atoms in total. The van der Waals surface area contributed by atoms with Gasteiger partial charge in [-0.05, 0) is 92.8 Å². The average molecular weight is 456 g/mol. The Hall–Kier alpha value is -2.09. The Morgan fingerprint density at radius 3 is 2.48 bits per heavy atom. The van der Waals surface area contributed by atoms with Crippen LogP contribution in [0.1, 0.15) is 57.8 Å². The van der Waals surface area contributed by atoms with Gasteiger partial charge in [-0.1, -0.05) is 0 Å². The van der Waals surface area contributed by atoms with Crippen molar-refractivity contribution in [2.24, 2.45) is 35.0 Å². The van der Waals surface area contributed by atoms with Crippen molar-refractivity contribution in [2.45, 2.75) is 63.8 Å². The summed E-state index contributed by atoms with van der Waals surface area (Å²) in [6.45, 7) is 3.17. The van der Waals surface area contributed by atoms with Crippen molar-refractivity contribution >= 4 is 17.7 Å². The van der Waals surface area contributed by atoms with Crippen molar-refractivity contribution < 1.29 is 14.6 Å². The van der Waals surface area contributed by atoms with Gasteiger partial charge in [0.05, 0.1) is 6.61 Å². The van der Waals surface area contributed by atoms with Crippen LogP contribution >= 0.6 is 0 Å². The summed E-state index contributed by atoms with van der Waals surface area (Å²) in [4.78, 5) is 22.4. The number of carboxylic acid groups (broad SMARTS) is 1. The van der Waals surface area contributed by atoms with E-state index in [9.17, 15) is 9.90 Å². The molecule has 3 heterocycles. The number of aromatic nitrogens is 2. The molecule has 2 saturated heterocycles. The average Bonchev–Trinajstić information content (AvgIpc) is 3.19. The molecule has 6 aliphatic rings. The van der Waals surface area contributed by atoms with Crippen LogP contribution in [0.2, 0.25) is 0 Å². The van der Waals surface area contributed by atoms with E-state index in [1.807, 2.05) is 6.07 Å². The number of carboxylic acids is 1. The van der Waals surface area contributed by atoms with Gasteiger partial charge in [-0.2, -0.15) is 9.97 Å². The normalized spacial score (nSPS) is 36.4. The van der Waals surface area contributed by atoms with Crippen molar-refractivity contribution in [2.75, 3.05) is 36.9 Å². The molecule has 2 aliphatic heterocycles. The summed E-state index contributed by atoms with van der Waals surface area (Å²) < 4.78 is 6.13. The van der Waals surface area contributed by atoms with E-state index >= 15 is 0 Å². The number of nitrogens with zero attached hydrogens (tertiary/aromatic N) is 3. The summed E-state index contributed by atoms with van der Waals surface area (Å²) in [7, 11) is 0. The third-order valence-electron chi connectivity index (χ3n) is 9.64. The zero-order valence-corrected chi connectivity index (χ0v) is 19.4. The van der Waals surface area contributed by atoms with Gasteiger partial charge in [-0.3, -0.25) is 4.79 Å². The van der Waals surface area contributed by atoms with E-state index < -0.39 is 12.0 Å². The maximum atomic E-state index is 11.3. The van der Waals surface area contributed by atoms with Crippen LogP contribution in [0.15, 0.2) is 6.07 Å². The van der Waals surface area contributed by atoms with Gasteiger partial charge in [-0.25, -0.2) is 0 Å². The highest BCUT2D eigenvalue weighted by Crippen LogP contribution is 2.57. The minimum Gasteiger partial charge on any atom is -0.480 e. The van der Waals surface area contributed by atoms with Crippen molar-refractivity contribution in [3.63, 3.8) is 0 Å². The standard InChI is InChI=1S/C25H37N5O3/c26-24-28-21(30-4-2-25(3-5-30)13-20(23(31)32)27-14-25)12-22(29-24)33-6-1-19-17-8-15-7-16(10-17)11-18(19)9-15/h12,15-20,27H,1-11,13-14H2,(H,31,32)(H2,26,28,29)/t15-,16-,17-,18+,19?,20-/m0/s1. The minimum absolute atomic E-state index is 0.0795. The number of piperidine rings is 1. The van der Waals surface area contributed by atoms with Crippen LogP contribution in [0.3, 0.4) is 0 Å². The number of nitrogens with one attached hydrogen (secondary N) is 1. The van der Waals surface area contributed by atoms with Crippen LogP contribution in [0.4, 0.5) is 11.8 Å². The third kappa shape index (κ3) is 4.15. The van der Waals surface area contributed by atoms with Gasteiger partial charge in [0, 0.05) is 25.7 Å². The monoisotopic (exact) mass is 455 g/mol. The van der Waals surface area contributed by atoms with Crippen molar-refractivity contribution in [1.82, 2.24) is 15.3 Å². The molecular formula is C25H37N5O3. The second kappa shape index (κ2) is 8.29. The minimum atomic E-state index is -0.742. The number of rotatable bonds is 6. The van der Waals surface area contributed by atoms with Crippen molar-refractivity contribution in [1.29, 1.82) is 0 Å². The lowest BCUT2D eigenvalue weighted by molar-refractivity contribution is -0.139. The Balaban J connectivity index is 1.04. The predicted octanol–water partition coefficient (Wildman–Crippen LogP) is 2.93. The van der Waals surface area contributed by atoms with Crippen LogP contribution in [0, 0.1) is 35.0 Å². The van der Waals surface area contributed by atoms with E-state index in [4.69, 9.17) is 10.5 Å². The summed E-state index contributed by atoms with van der Waals surface area (Å²) in [6, 6.07) is 1.51. The molecule has 0 unspecified atom stereocenters. The molecule has 6 fully saturated rings. The molecule has 4 saturated carbocycles. The van der Waals surface area contributed by atoms with E-state index in [1.54, 1.807) is 0 Å². The first kappa shape index (κ1) is 21.4. The topological polar surface area (TPSA) is 114 Å². The smallest absolute Gasteiger partial charge is 0.320 e. The predicted molar refractivity (Wildman–Crippen MR) is 125 cm³/mol. The first-order chi connectivity index (χ1) is 16.0. The quantitative estimate of drug-likeness (QED) is 0.600. The molecule has 4 bridgehead atoms. The molecule has 4 aliphatic carbocycles. The maximum absolute atomic E-state index is 11.3. The van der Waals surface area contributed by atoms with E-state index in [0.717, 1.165) is 74.3 Å². The molecule has 4 N–H and O–H groups in total. The molecule has 180 valence electrons. The summed E-state index contributed by atoms with van der Waals surface area (Å²) >= 11 is 0. The highest BCUT2D eigenvalue weighted by atomic mass is 16.5. The number of hydrogen-bond donors (Lipinski definition) is 3. The van der Waals surface area contributed by atoms with Gasteiger partial charge in [0.15, 0.2) is 0 Å². The fraction of sp³-hybridized carbons (Fsp3) is 0.800. The molecular weight excluding hydrogens is 418 g/mol. The maximum Gasteiger partial charge on any atom is 0.320 e. The molecule has 0 amide bonds. The summed E-state index contributed by atoms with van der Waals surface area (Å²) in [5.41, 5.74) is 6.12. The van der Waals surface area contributed by atoms with Gasteiger partial charge < -0.3 is 25.8 Å². The second-order valence-corrected chi connectivity index (χ2v) is 11.6. The summed E-state index contributed by atoms with van der Waals surface area (Å²) in [5.74, 6) is 5.59. The third-order valence-corrected chi connectivity index (χ3v) is 9.64. The Morgan fingerprint density at radius 2 is 1.85 bits per heavy atom. The van der Waals surface area contributed by atoms with E-state index in [0.29, 0.717) is 18.9 Å². The Kier molecular flexibility index (Phi) is 5.39. The zero-order chi connectivity index (χ0) is 22.6. The first-order valence-corrected chi connectivity index (χ1v) is 12.9. The van der Waals surface area contributed by atoms with Crippen LogP contribution in [-0.4, -0.2) is 53.3 Å². The van der Waals surface area contributed by atoms with Crippen LogP contribution in [0.5, 0.6) is 5.88 Å².